The van der Waals surface area contributed by atoms with Gasteiger partial charge in [0.1, 0.15) is 5.82 Å². The SMILES string of the molecule is Cc1cc(F)cc2c1CCNC2C1CC1. The molecule has 0 saturated heterocycles. The van der Waals surface area contributed by atoms with Crippen LogP contribution in [-0.2, 0) is 6.42 Å². The minimum Gasteiger partial charge on any atom is -0.309 e. The number of benzene rings is 1. The Morgan fingerprint density at radius 3 is 2.87 bits per heavy atom. The zero-order valence-electron chi connectivity index (χ0n) is 9.02. The first kappa shape index (κ1) is 9.34. The van der Waals surface area contributed by atoms with Crippen LogP contribution in [0.4, 0.5) is 4.39 Å². The van der Waals surface area contributed by atoms with Gasteiger partial charge < -0.3 is 5.32 Å². The van der Waals surface area contributed by atoms with Gasteiger partial charge in [-0.3, -0.25) is 0 Å². The van der Waals surface area contributed by atoms with Crippen LogP contribution >= 0.6 is 0 Å². The van der Waals surface area contributed by atoms with Gasteiger partial charge in [0.15, 0.2) is 0 Å². The number of halogens is 1. The third kappa shape index (κ3) is 1.57. The van der Waals surface area contributed by atoms with Crippen molar-refractivity contribution in [1.82, 2.24) is 5.32 Å². The summed E-state index contributed by atoms with van der Waals surface area (Å²) in [7, 11) is 0. The molecule has 15 heavy (non-hydrogen) atoms. The van der Waals surface area contributed by atoms with E-state index in [9.17, 15) is 4.39 Å². The summed E-state index contributed by atoms with van der Waals surface area (Å²) in [6.45, 7) is 3.07. The first-order valence-electron chi connectivity index (χ1n) is 5.78. The minimum absolute atomic E-state index is 0.0828. The van der Waals surface area contributed by atoms with Gasteiger partial charge in [-0.15, -0.1) is 0 Å². The molecular weight excluding hydrogens is 189 g/mol. The van der Waals surface area contributed by atoms with Crippen LogP contribution in [0.2, 0.25) is 0 Å². The van der Waals surface area contributed by atoms with Crippen molar-refractivity contribution >= 4 is 0 Å². The molecule has 0 radical (unpaired) electrons. The maximum atomic E-state index is 13.4. The fourth-order valence-electron chi connectivity index (χ4n) is 2.73. The second-order valence-electron chi connectivity index (χ2n) is 4.81. The topological polar surface area (TPSA) is 12.0 Å². The first-order valence-corrected chi connectivity index (χ1v) is 5.78. The predicted molar refractivity (Wildman–Crippen MR) is 58.3 cm³/mol. The van der Waals surface area contributed by atoms with E-state index in [-0.39, 0.29) is 5.82 Å². The molecule has 1 aromatic carbocycles. The van der Waals surface area contributed by atoms with Gasteiger partial charge in [0.25, 0.3) is 0 Å². The Hall–Kier alpha value is -0.890. The van der Waals surface area contributed by atoms with Gasteiger partial charge in [-0.2, -0.15) is 0 Å². The van der Waals surface area contributed by atoms with Gasteiger partial charge in [0.2, 0.25) is 0 Å². The highest BCUT2D eigenvalue weighted by Crippen LogP contribution is 2.43. The Balaban J connectivity index is 2.08. The van der Waals surface area contributed by atoms with E-state index >= 15 is 0 Å². The van der Waals surface area contributed by atoms with Gasteiger partial charge >= 0.3 is 0 Å². The van der Waals surface area contributed by atoms with Gasteiger partial charge in [0.05, 0.1) is 0 Å². The summed E-state index contributed by atoms with van der Waals surface area (Å²) in [6, 6.07) is 3.81. The third-order valence-electron chi connectivity index (χ3n) is 3.64. The van der Waals surface area contributed by atoms with Gasteiger partial charge in [-0.05, 0) is 67.5 Å². The molecule has 80 valence electrons. The smallest absolute Gasteiger partial charge is 0.123 e. The average Bonchev–Trinajstić information content (AvgIpc) is 3.00. The summed E-state index contributed by atoms with van der Waals surface area (Å²) in [5.74, 6) is 0.672. The van der Waals surface area contributed by atoms with Crippen molar-refractivity contribution in [2.24, 2.45) is 5.92 Å². The molecule has 2 heteroatoms. The van der Waals surface area contributed by atoms with E-state index in [1.54, 1.807) is 12.1 Å². The number of rotatable bonds is 1. The van der Waals surface area contributed by atoms with Crippen molar-refractivity contribution in [1.29, 1.82) is 0 Å². The number of hydrogen-bond acceptors (Lipinski definition) is 1. The maximum absolute atomic E-state index is 13.4. The highest BCUT2D eigenvalue weighted by molar-refractivity contribution is 5.40. The van der Waals surface area contributed by atoms with E-state index in [0.29, 0.717) is 6.04 Å². The lowest BCUT2D eigenvalue weighted by atomic mass is 9.88. The molecular formula is C13H16FN. The van der Waals surface area contributed by atoms with Crippen molar-refractivity contribution in [3.63, 3.8) is 0 Å². The average molecular weight is 205 g/mol. The molecule has 1 heterocycles. The summed E-state index contributed by atoms with van der Waals surface area (Å²) < 4.78 is 13.4. The van der Waals surface area contributed by atoms with Crippen LogP contribution in [0.1, 0.15) is 35.6 Å². The van der Waals surface area contributed by atoms with Crippen LogP contribution in [0.25, 0.3) is 0 Å². The monoisotopic (exact) mass is 205 g/mol. The fraction of sp³-hybridized carbons (Fsp3) is 0.538. The summed E-state index contributed by atoms with van der Waals surface area (Å²) >= 11 is 0. The van der Waals surface area contributed by atoms with E-state index in [4.69, 9.17) is 0 Å². The molecule has 2 aliphatic rings. The Bertz CT molecular complexity index is 396. The van der Waals surface area contributed by atoms with Crippen molar-refractivity contribution in [2.45, 2.75) is 32.2 Å². The Labute approximate surface area is 89.7 Å². The number of nitrogens with one attached hydrogen (secondary N) is 1. The Morgan fingerprint density at radius 2 is 2.13 bits per heavy atom. The van der Waals surface area contributed by atoms with Crippen LogP contribution in [0, 0.1) is 18.7 Å². The lowest BCUT2D eigenvalue weighted by molar-refractivity contribution is 0.453. The highest BCUT2D eigenvalue weighted by atomic mass is 19.1. The first-order chi connectivity index (χ1) is 7.25. The van der Waals surface area contributed by atoms with Crippen molar-refractivity contribution < 1.29 is 4.39 Å². The zero-order chi connectivity index (χ0) is 10.4. The summed E-state index contributed by atoms with van der Waals surface area (Å²) in [6.07, 6.45) is 3.64. The normalized spacial score (nSPS) is 25.1. The van der Waals surface area contributed by atoms with E-state index in [1.807, 2.05) is 6.92 Å². The lowest BCUT2D eigenvalue weighted by Gasteiger charge is -2.28. The van der Waals surface area contributed by atoms with E-state index in [2.05, 4.69) is 5.32 Å². The molecule has 1 N–H and O–H groups in total. The second-order valence-corrected chi connectivity index (χ2v) is 4.81. The predicted octanol–water partition coefficient (Wildman–Crippen LogP) is 2.73. The molecule has 1 saturated carbocycles. The largest absolute Gasteiger partial charge is 0.309 e. The third-order valence-corrected chi connectivity index (χ3v) is 3.64. The maximum Gasteiger partial charge on any atom is 0.123 e. The van der Waals surface area contributed by atoms with E-state index in [0.717, 1.165) is 24.4 Å². The second kappa shape index (κ2) is 3.31. The Kier molecular flexibility index (Phi) is 2.06. The molecule has 0 spiro atoms. The molecule has 0 amide bonds. The van der Waals surface area contributed by atoms with Crippen LogP contribution in [-0.4, -0.2) is 6.54 Å². The summed E-state index contributed by atoms with van der Waals surface area (Å²) in [5.41, 5.74) is 3.73. The number of hydrogen-bond donors (Lipinski definition) is 1. The van der Waals surface area contributed by atoms with Crippen molar-refractivity contribution in [3.05, 3.63) is 34.6 Å². The van der Waals surface area contributed by atoms with E-state index in [1.165, 1.54) is 24.0 Å². The molecule has 3 rings (SSSR count). The summed E-state index contributed by atoms with van der Waals surface area (Å²) in [5, 5.41) is 3.52. The number of aryl methyl sites for hydroxylation is 1. The van der Waals surface area contributed by atoms with Crippen LogP contribution in [0.3, 0.4) is 0 Å². The molecule has 1 nitrogen and oxygen atoms in total. The molecule has 1 unspecified atom stereocenters. The van der Waals surface area contributed by atoms with Crippen molar-refractivity contribution in [2.75, 3.05) is 6.54 Å². The van der Waals surface area contributed by atoms with Gasteiger partial charge in [-0.25, -0.2) is 4.39 Å². The molecule has 1 aliphatic heterocycles. The lowest BCUT2D eigenvalue weighted by Crippen LogP contribution is -2.31. The van der Waals surface area contributed by atoms with E-state index < -0.39 is 0 Å². The standard InChI is InChI=1S/C13H16FN/c1-8-6-10(14)7-12-11(8)4-5-15-13(12)9-2-3-9/h6-7,9,13,15H,2-5H2,1H3. The minimum atomic E-state index is -0.0828. The van der Waals surface area contributed by atoms with Crippen molar-refractivity contribution in [3.8, 4) is 0 Å². The molecule has 1 fully saturated rings. The van der Waals surface area contributed by atoms with Crippen LogP contribution < -0.4 is 5.32 Å². The quantitative estimate of drug-likeness (QED) is 0.743. The van der Waals surface area contributed by atoms with Gasteiger partial charge in [0, 0.05) is 6.04 Å². The molecule has 0 bridgehead atoms. The Morgan fingerprint density at radius 1 is 1.33 bits per heavy atom. The molecule has 1 atom stereocenters. The fourth-order valence-corrected chi connectivity index (χ4v) is 2.73. The molecule has 1 aromatic rings. The molecule has 0 aromatic heterocycles. The van der Waals surface area contributed by atoms with Gasteiger partial charge in [-0.1, -0.05) is 0 Å². The zero-order valence-corrected chi connectivity index (χ0v) is 9.02. The highest BCUT2D eigenvalue weighted by Gasteiger charge is 2.35. The molecule has 1 aliphatic carbocycles. The van der Waals surface area contributed by atoms with Crippen LogP contribution in [0.5, 0.6) is 0 Å². The van der Waals surface area contributed by atoms with Crippen LogP contribution in [0.15, 0.2) is 12.1 Å². The summed E-state index contributed by atoms with van der Waals surface area (Å²) in [4.78, 5) is 0. The number of fused-ring (bicyclic) bond motifs is 1.